The first kappa shape index (κ1) is 21.0. The Balaban J connectivity index is 2.23. The van der Waals surface area contributed by atoms with Gasteiger partial charge in [-0.1, -0.05) is 28.1 Å². The number of rotatable bonds is 8. The monoisotopic (exact) mass is 450 g/mol. The number of para-hydroxylation sites is 1. The molecule has 2 rings (SSSR count). The highest BCUT2D eigenvalue weighted by atomic mass is 79.9. The molecule has 0 aromatic heterocycles. The number of hydrogen-bond acceptors (Lipinski definition) is 7. The summed E-state index contributed by atoms with van der Waals surface area (Å²) in [5.41, 5.74) is 0.211. The van der Waals surface area contributed by atoms with Crippen LogP contribution in [0.1, 0.15) is 6.92 Å². The summed E-state index contributed by atoms with van der Waals surface area (Å²) in [6.07, 6.45) is 0. The van der Waals surface area contributed by atoms with Crippen LogP contribution in [0.15, 0.2) is 79.6 Å². The van der Waals surface area contributed by atoms with Crippen LogP contribution in [0.5, 0.6) is 5.75 Å². The van der Waals surface area contributed by atoms with E-state index in [1.165, 1.54) is 18.9 Å². The van der Waals surface area contributed by atoms with Crippen molar-refractivity contribution in [2.24, 2.45) is 10.2 Å². The number of nitrogens with zero attached hydrogens (tertiary/aromatic N) is 2. The third-order valence-corrected chi connectivity index (χ3v) is 4.83. The highest BCUT2D eigenvalue weighted by Gasteiger charge is 2.17. The first-order valence-electron chi connectivity index (χ1n) is 8.07. The zero-order valence-electron chi connectivity index (χ0n) is 14.9. The van der Waals surface area contributed by atoms with E-state index in [0.29, 0.717) is 11.4 Å². The number of thioether (sulfide) groups is 1. The average molecular weight is 451 g/mol. The van der Waals surface area contributed by atoms with E-state index < -0.39 is 5.97 Å². The number of aliphatic hydroxyl groups is 1. The lowest BCUT2D eigenvalue weighted by Gasteiger charge is -2.07. The molecule has 0 amide bonds. The lowest BCUT2D eigenvalue weighted by atomic mass is 10.3. The molecule has 0 atom stereocenters. The lowest BCUT2D eigenvalue weighted by Crippen LogP contribution is -2.09. The Bertz CT molecular complexity index is 838. The van der Waals surface area contributed by atoms with E-state index >= 15 is 0 Å². The van der Waals surface area contributed by atoms with Crippen molar-refractivity contribution in [3.8, 4) is 5.75 Å². The summed E-state index contributed by atoms with van der Waals surface area (Å²) in [6.45, 7) is 1.85. The van der Waals surface area contributed by atoms with Gasteiger partial charge in [0.25, 0.3) is 0 Å². The van der Waals surface area contributed by atoms with Crippen molar-refractivity contribution in [3.63, 3.8) is 0 Å². The van der Waals surface area contributed by atoms with Crippen LogP contribution in [0.25, 0.3) is 0 Å². The van der Waals surface area contributed by atoms with Gasteiger partial charge < -0.3 is 14.6 Å². The van der Waals surface area contributed by atoms with Crippen LogP contribution in [0, 0.1) is 0 Å². The Morgan fingerprint density at radius 3 is 2.56 bits per heavy atom. The third kappa shape index (κ3) is 6.41. The van der Waals surface area contributed by atoms with Crippen LogP contribution in [0.2, 0.25) is 0 Å². The molecule has 0 aliphatic rings. The highest BCUT2D eigenvalue weighted by molar-refractivity contribution is 9.10. The van der Waals surface area contributed by atoms with Crippen molar-refractivity contribution >= 4 is 39.3 Å². The molecule has 0 spiro atoms. The molecule has 0 bridgehead atoms. The Hall–Kier alpha value is -2.32. The van der Waals surface area contributed by atoms with Gasteiger partial charge in [-0.3, -0.25) is 0 Å². The Morgan fingerprint density at radius 1 is 1.19 bits per heavy atom. The van der Waals surface area contributed by atoms with Gasteiger partial charge in [0.05, 0.1) is 19.5 Å². The maximum Gasteiger partial charge on any atom is 0.362 e. The van der Waals surface area contributed by atoms with Gasteiger partial charge in [-0.2, -0.15) is 0 Å². The van der Waals surface area contributed by atoms with Crippen LogP contribution in [-0.2, 0) is 9.53 Å². The molecule has 2 aromatic rings. The second-order valence-corrected chi connectivity index (χ2v) is 7.09. The van der Waals surface area contributed by atoms with Crippen molar-refractivity contribution in [2.75, 3.05) is 19.5 Å². The number of methoxy groups -OCH3 is 1. The molecule has 0 heterocycles. The number of aliphatic hydroxyl groups excluding tert-OH is 1. The molecule has 0 fully saturated rings. The molecule has 0 aliphatic heterocycles. The van der Waals surface area contributed by atoms with Gasteiger partial charge in [-0.15, -0.1) is 22.0 Å². The van der Waals surface area contributed by atoms with Gasteiger partial charge in [0.15, 0.2) is 0 Å². The van der Waals surface area contributed by atoms with Crippen LogP contribution < -0.4 is 4.74 Å². The number of esters is 1. The molecular weight excluding hydrogens is 432 g/mol. The average Bonchev–Trinajstić information content (AvgIpc) is 2.68. The van der Waals surface area contributed by atoms with E-state index in [4.69, 9.17) is 9.47 Å². The van der Waals surface area contributed by atoms with Gasteiger partial charge in [0.1, 0.15) is 17.2 Å². The summed E-state index contributed by atoms with van der Waals surface area (Å²) >= 11 is 4.74. The van der Waals surface area contributed by atoms with Gasteiger partial charge >= 0.3 is 5.97 Å². The smallest absolute Gasteiger partial charge is 0.362 e. The number of hydrogen-bond donors (Lipinski definition) is 1. The van der Waals surface area contributed by atoms with E-state index in [0.717, 1.165) is 9.37 Å². The zero-order chi connectivity index (χ0) is 19.6. The van der Waals surface area contributed by atoms with E-state index in [1.807, 2.05) is 24.3 Å². The Kier molecular flexibility index (Phi) is 8.35. The first-order valence-corrected chi connectivity index (χ1v) is 9.85. The fourth-order valence-corrected chi connectivity index (χ4v) is 3.02. The van der Waals surface area contributed by atoms with Crippen LogP contribution in [-0.4, -0.2) is 30.5 Å². The summed E-state index contributed by atoms with van der Waals surface area (Å²) in [4.78, 5) is 13.1. The quantitative estimate of drug-likeness (QED) is 0.184. The molecule has 6 nitrogen and oxygen atoms in total. The molecule has 0 unspecified atom stereocenters. The van der Waals surface area contributed by atoms with Crippen molar-refractivity contribution in [3.05, 3.63) is 64.5 Å². The SMILES string of the molecule is CCOC(=O)C(N=Nc1ccccc1OC)=C(O)CSc1ccc(Br)cc1. The number of benzene rings is 2. The molecule has 0 saturated heterocycles. The first-order chi connectivity index (χ1) is 13.0. The highest BCUT2D eigenvalue weighted by Crippen LogP contribution is 2.28. The van der Waals surface area contributed by atoms with Gasteiger partial charge in [-0.25, -0.2) is 4.79 Å². The number of halogens is 1. The molecular formula is C19H19BrN2O4S. The number of ether oxygens (including phenoxy) is 2. The summed E-state index contributed by atoms with van der Waals surface area (Å²) in [6, 6.07) is 14.6. The predicted molar refractivity (Wildman–Crippen MR) is 109 cm³/mol. The lowest BCUT2D eigenvalue weighted by molar-refractivity contribution is -0.138. The van der Waals surface area contributed by atoms with Crippen molar-refractivity contribution < 1.29 is 19.4 Å². The number of carbonyl (C=O) groups is 1. The molecule has 0 aliphatic carbocycles. The molecule has 0 saturated carbocycles. The zero-order valence-corrected chi connectivity index (χ0v) is 17.3. The molecule has 0 radical (unpaired) electrons. The maximum atomic E-state index is 12.2. The van der Waals surface area contributed by atoms with Crippen molar-refractivity contribution in [1.82, 2.24) is 0 Å². The van der Waals surface area contributed by atoms with Gasteiger partial charge in [-0.05, 0) is 43.3 Å². The van der Waals surface area contributed by atoms with Crippen molar-refractivity contribution in [2.45, 2.75) is 11.8 Å². The summed E-state index contributed by atoms with van der Waals surface area (Å²) in [5, 5.41) is 18.4. The van der Waals surface area contributed by atoms with E-state index in [2.05, 4.69) is 26.2 Å². The van der Waals surface area contributed by atoms with E-state index in [9.17, 15) is 9.90 Å². The van der Waals surface area contributed by atoms with Crippen LogP contribution in [0.3, 0.4) is 0 Å². The fraction of sp³-hybridized carbons (Fsp3) is 0.211. The predicted octanol–water partition coefficient (Wildman–Crippen LogP) is 5.67. The fourth-order valence-electron chi connectivity index (χ4n) is 1.98. The largest absolute Gasteiger partial charge is 0.509 e. The Morgan fingerprint density at radius 2 is 1.89 bits per heavy atom. The van der Waals surface area contributed by atoms with Crippen LogP contribution in [0.4, 0.5) is 5.69 Å². The second kappa shape index (κ2) is 10.7. The third-order valence-electron chi connectivity index (χ3n) is 3.27. The maximum absolute atomic E-state index is 12.2. The summed E-state index contributed by atoms with van der Waals surface area (Å²) in [7, 11) is 1.52. The second-order valence-electron chi connectivity index (χ2n) is 5.13. The number of azo groups is 1. The van der Waals surface area contributed by atoms with E-state index in [-0.39, 0.29) is 23.8 Å². The van der Waals surface area contributed by atoms with E-state index in [1.54, 1.807) is 31.2 Å². The normalized spacial score (nSPS) is 12.0. The molecule has 8 heteroatoms. The van der Waals surface area contributed by atoms with Crippen molar-refractivity contribution in [1.29, 1.82) is 0 Å². The number of carbonyl (C=O) groups excluding carboxylic acids is 1. The topological polar surface area (TPSA) is 80.5 Å². The summed E-state index contributed by atoms with van der Waals surface area (Å²) in [5.74, 6) is -0.279. The van der Waals surface area contributed by atoms with Gasteiger partial charge in [0, 0.05) is 9.37 Å². The molecule has 2 aromatic carbocycles. The molecule has 27 heavy (non-hydrogen) atoms. The van der Waals surface area contributed by atoms with Gasteiger partial charge in [0.2, 0.25) is 5.70 Å². The minimum Gasteiger partial charge on any atom is -0.509 e. The molecule has 142 valence electrons. The minimum absolute atomic E-state index is 0.153. The Labute approximate surface area is 170 Å². The minimum atomic E-state index is -0.731. The standard InChI is InChI=1S/C19H19BrN2O4S/c1-3-26-19(24)18(22-21-15-6-4-5-7-17(15)25-2)16(23)12-27-14-10-8-13(20)9-11-14/h4-11,23H,3,12H2,1-2H3. The van der Waals surface area contributed by atoms with Crippen LogP contribution >= 0.6 is 27.7 Å². The molecule has 1 N–H and O–H groups in total. The summed E-state index contributed by atoms with van der Waals surface area (Å²) < 4.78 is 11.1.